The summed E-state index contributed by atoms with van der Waals surface area (Å²) in [5, 5.41) is 0.958. The van der Waals surface area contributed by atoms with E-state index in [0.717, 1.165) is 42.9 Å². The number of hydrogen-bond donors (Lipinski definition) is 0. The van der Waals surface area contributed by atoms with E-state index in [1.165, 1.54) is 17.4 Å². The lowest BCUT2D eigenvalue weighted by Gasteiger charge is -2.36. The average Bonchev–Trinajstić information content (AvgIpc) is 3.16. The van der Waals surface area contributed by atoms with E-state index in [-0.39, 0.29) is 6.10 Å². The topological polar surface area (TPSA) is 67.3 Å². The molecule has 1 aliphatic rings. The molecule has 0 atom stereocenters. The molecule has 1 aliphatic heterocycles. The van der Waals surface area contributed by atoms with Gasteiger partial charge in [0.15, 0.2) is 5.82 Å². The summed E-state index contributed by atoms with van der Waals surface area (Å²) in [6.07, 6.45) is 3.47. The second kappa shape index (κ2) is 6.79. The lowest BCUT2D eigenvalue weighted by atomic mass is 10.2. The van der Waals surface area contributed by atoms with E-state index in [9.17, 15) is 0 Å². The molecule has 7 nitrogen and oxygen atoms in total. The van der Waals surface area contributed by atoms with Crippen LogP contribution in [0.5, 0.6) is 5.88 Å². The number of aromatic nitrogens is 4. The van der Waals surface area contributed by atoms with Gasteiger partial charge in [-0.15, -0.1) is 0 Å². The van der Waals surface area contributed by atoms with Crippen LogP contribution in [0.3, 0.4) is 0 Å². The van der Waals surface area contributed by atoms with Crippen molar-refractivity contribution in [3.05, 3.63) is 30.7 Å². The van der Waals surface area contributed by atoms with E-state index in [0.29, 0.717) is 5.88 Å². The van der Waals surface area contributed by atoms with Crippen molar-refractivity contribution in [3.63, 3.8) is 0 Å². The fourth-order valence-corrected chi connectivity index (χ4v) is 3.46. The van der Waals surface area contributed by atoms with Crippen LogP contribution in [0.15, 0.2) is 30.7 Å². The number of rotatable bonds is 4. The molecule has 8 heteroatoms. The average molecular weight is 356 g/mol. The van der Waals surface area contributed by atoms with E-state index in [4.69, 9.17) is 4.74 Å². The molecule has 0 aliphatic carbocycles. The van der Waals surface area contributed by atoms with Gasteiger partial charge < -0.3 is 14.5 Å². The molecular formula is C17H20N6OS. The first-order valence-corrected chi connectivity index (χ1v) is 9.12. The van der Waals surface area contributed by atoms with Gasteiger partial charge in [-0.3, -0.25) is 0 Å². The molecule has 0 radical (unpaired) electrons. The summed E-state index contributed by atoms with van der Waals surface area (Å²) < 4.78 is 14.3. The SMILES string of the molecule is CC(C)Oc1ncnc2ccc(N3CCN(c4cnsn4)CC3)cc12. The maximum atomic E-state index is 5.84. The normalized spacial score (nSPS) is 15.2. The first-order valence-electron chi connectivity index (χ1n) is 8.39. The Morgan fingerprint density at radius 3 is 2.60 bits per heavy atom. The molecule has 1 fully saturated rings. The van der Waals surface area contributed by atoms with Crippen molar-refractivity contribution in [1.29, 1.82) is 0 Å². The monoisotopic (exact) mass is 356 g/mol. The fraction of sp³-hybridized carbons (Fsp3) is 0.412. The predicted octanol–water partition coefficient (Wildman–Crippen LogP) is 2.60. The second-order valence-corrected chi connectivity index (χ2v) is 6.84. The molecule has 130 valence electrons. The Morgan fingerprint density at radius 2 is 1.88 bits per heavy atom. The van der Waals surface area contributed by atoms with Crippen molar-refractivity contribution in [1.82, 2.24) is 18.7 Å². The minimum absolute atomic E-state index is 0.0806. The molecule has 0 N–H and O–H groups in total. The molecule has 1 saturated heterocycles. The third-order valence-corrected chi connectivity index (χ3v) is 4.72. The number of nitrogens with zero attached hydrogens (tertiary/aromatic N) is 6. The van der Waals surface area contributed by atoms with Crippen molar-refractivity contribution in [3.8, 4) is 5.88 Å². The summed E-state index contributed by atoms with van der Waals surface area (Å²) in [6, 6.07) is 6.29. The molecule has 0 unspecified atom stereocenters. The maximum absolute atomic E-state index is 5.84. The smallest absolute Gasteiger partial charge is 0.224 e. The molecule has 3 heterocycles. The molecule has 3 aromatic rings. The summed E-state index contributed by atoms with van der Waals surface area (Å²) in [5.41, 5.74) is 2.08. The van der Waals surface area contributed by atoms with Crippen molar-refractivity contribution in [2.45, 2.75) is 20.0 Å². The third kappa shape index (κ3) is 3.34. The zero-order valence-corrected chi connectivity index (χ0v) is 15.1. The number of piperazine rings is 1. The first kappa shape index (κ1) is 16.0. The van der Waals surface area contributed by atoms with Gasteiger partial charge in [0.2, 0.25) is 5.88 Å². The van der Waals surface area contributed by atoms with Crippen LogP contribution >= 0.6 is 11.7 Å². The summed E-state index contributed by atoms with van der Waals surface area (Å²) in [5.74, 6) is 1.62. The van der Waals surface area contributed by atoms with Gasteiger partial charge >= 0.3 is 0 Å². The van der Waals surface area contributed by atoms with Gasteiger partial charge in [0.1, 0.15) is 6.33 Å². The van der Waals surface area contributed by atoms with E-state index < -0.39 is 0 Å². The Balaban J connectivity index is 1.55. The number of benzene rings is 1. The molecule has 1 aromatic carbocycles. The van der Waals surface area contributed by atoms with Gasteiger partial charge in [-0.25, -0.2) is 9.97 Å². The molecule has 0 bridgehead atoms. The Hall–Kier alpha value is -2.48. The molecular weight excluding hydrogens is 336 g/mol. The van der Waals surface area contributed by atoms with Gasteiger partial charge in [-0.2, -0.15) is 8.75 Å². The fourth-order valence-electron chi connectivity index (χ4n) is 3.03. The number of anilines is 2. The minimum Gasteiger partial charge on any atom is -0.474 e. The van der Waals surface area contributed by atoms with E-state index in [2.05, 4.69) is 40.6 Å². The minimum atomic E-state index is 0.0806. The molecule has 0 amide bonds. The number of hydrogen-bond acceptors (Lipinski definition) is 8. The highest BCUT2D eigenvalue weighted by atomic mass is 32.1. The van der Waals surface area contributed by atoms with Gasteiger partial charge in [0.05, 0.1) is 34.9 Å². The zero-order chi connectivity index (χ0) is 17.2. The van der Waals surface area contributed by atoms with E-state index >= 15 is 0 Å². The van der Waals surface area contributed by atoms with Crippen LogP contribution in [0.25, 0.3) is 10.9 Å². The molecule has 25 heavy (non-hydrogen) atoms. The highest BCUT2D eigenvalue weighted by Crippen LogP contribution is 2.28. The van der Waals surface area contributed by atoms with E-state index in [1.807, 2.05) is 26.1 Å². The summed E-state index contributed by atoms with van der Waals surface area (Å²) in [4.78, 5) is 13.3. The van der Waals surface area contributed by atoms with Crippen molar-refractivity contribution < 1.29 is 4.74 Å². The second-order valence-electron chi connectivity index (χ2n) is 6.29. The zero-order valence-electron chi connectivity index (χ0n) is 14.3. The first-order chi connectivity index (χ1) is 12.2. The predicted molar refractivity (Wildman–Crippen MR) is 99.6 cm³/mol. The summed E-state index contributed by atoms with van der Waals surface area (Å²) in [7, 11) is 0. The number of ether oxygens (including phenoxy) is 1. The van der Waals surface area contributed by atoms with Gasteiger partial charge in [-0.05, 0) is 32.0 Å². The highest BCUT2D eigenvalue weighted by molar-refractivity contribution is 6.99. The third-order valence-electron chi connectivity index (χ3n) is 4.25. The van der Waals surface area contributed by atoms with Gasteiger partial charge in [0.25, 0.3) is 0 Å². The lowest BCUT2D eigenvalue weighted by Crippen LogP contribution is -2.46. The van der Waals surface area contributed by atoms with Gasteiger partial charge in [0, 0.05) is 31.9 Å². The molecule has 0 saturated carbocycles. The standard InChI is InChI=1S/C17H20N6OS/c1-12(2)24-17-14-9-13(3-4-15(14)18-11-19-17)22-5-7-23(8-6-22)16-10-20-25-21-16/h3-4,9-12H,5-8H2,1-2H3. The van der Waals surface area contributed by atoms with E-state index in [1.54, 1.807) is 6.33 Å². The quantitative estimate of drug-likeness (QED) is 0.712. The van der Waals surface area contributed by atoms with Gasteiger partial charge in [-0.1, -0.05) is 0 Å². The number of fused-ring (bicyclic) bond motifs is 1. The Kier molecular flexibility index (Phi) is 4.35. The van der Waals surface area contributed by atoms with Crippen LogP contribution in [0, 0.1) is 0 Å². The van der Waals surface area contributed by atoms with Crippen LogP contribution in [0.4, 0.5) is 11.5 Å². The van der Waals surface area contributed by atoms with Crippen molar-refractivity contribution >= 4 is 34.1 Å². The Bertz CT molecular complexity index is 845. The maximum Gasteiger partial charge on any atom is 0.224 e. The lowest BCUT2D eigenvalue weighted by molar-refractivity contribution is 0.235. The summed E-state index contributed by atoms with van der Waals surface area (Å²) >= 11 is 1.26. The molecule has 0 spiro atoms. The van der Waals surface area contributed by atoms with Crippen molar-refractivity contribution in [2.75, 3.05) is 36.0 Å². The van der Waals surface area contributed by atoms with Crippen LogP contribution in [0.2, 0.25) is 0 Å². The molecule has 4 rings (SSSR count). The largest absolute Gasteiger partial charge is 0.474 e. The highest BCUT2D eigenvalue weighted by Gasteiger charge is 2.20. The van der Waals surface area contributed by atoms with Crippen molar-refractivity contribution in [2.24, 2.45) is 0 Å². The van der Waals surface area contributed by atoms with Crippen LogP contribution in [-0.4, -0.2) is 51.0 Å². The molecule has 2 aromatic heterocycles. The Labute approximate surface area is 150 Å². The van der Waals surface area contributed by atoms with Crippen LogP contribution in [-0.2, 0) is 0 Å². The van der Waals surface area contributed by atoms with Crippen LogP contribution in [0.1, 0.15) is 13.8 Å². The summed E-state index contributed by atoms with van der Waals surface area (Å²) in [6.45, 7) is 7.76. The Morgan fingerprint density at radius 1 is 1.08 bits per heavy atom. The van der Waals surface area contributed by atoms with Crippen LogP contribution < -0.4 is 14.5 Å².